The van der Waals surface area contributed by atoms with E-state index in [-0.39, 0.29) is 17.4 Å². The molecule has 8 heteroatoms. The Morgan fingerprint density at radius 1 is 0.926 bits per heavy atom. The van der Waals surface area contributed by atoms with Gasteiger partial charge in [-0.05, 0) is 36.4 Å². The molecule has 27 heavy (non-hydrogen) atoms. The Labute approximate surface area is 167 Å². The second-order valence-electron chi connectivity index (χ2n) is 5.46. The largest absolute Gasteiger partial charge is 0.504 e. The first kappa shape index (κ1) is 21.1. The topological polar surface area (TPSA) is 88.0 Å². The molecular formula is C19H23NO5S2. The Hall–Kier alpha value is -2.19. The van der Waals surface area contributed by atoms with Crippen molar-refractivity contribution in [1.82, 2.24) is 5.32 Å². The predicted molar refractivity (Wildman–Crippen MR) is 108 cm³/mol. The van der Waals surface area contributed by atoms with E-state index in [1.165, 1.54) is 26.0 Å². The molecule has 2 aromatic rings. The van der Waals surface area contributed by atoms with Crippen molar-refractivity contribution in [1.29, 1.82) is 0 Å². The number of hydrogen-bond acceptors (Lipinski definition) is 7. The standard InChI is InChI=1S/C19H23NO5S2/c1-24-17-11-13(3-5-15(17)21)26-9-7-19(23)20-8-10-27-14-4-6-16(22)18(12-14)25-2/h3-6,11-12,21-22H,7-10H2,1-2H3,(H,20,23). The summed E-state index contributed by atoms with van der Waals surface area (Å²) in [6.45, 7) is 0.560. The van der Waals surface area contributed by atoms with Crippen LogP contribution in [0.4, 0.5) is 0 Å². The molecule has 2 aromatic carbocycles. The molecule has 0 heterocycles. The fraction of sp³-hybridized carbons (Fsp3) is 0.316. The van der Waals surface area contributed by atoms with Gasteiger partial charge in [-0.2, -0.15) is 0 Å². The highest BCUT2D eigenvalue weighted by molar-refractivity contribution is 7.99. The van der Waals surface area contributed by atoms with Crippen LogP contribution >= 0.6 is 23.5 Å². The predicted octanol–water partition coefficient (Wildman–Crippen LogP) is 3.51. The lowest BCUT2D eigenvalue weighted by molar-refractivity contribution is -0.120. The van der Waals surface area contributed by atoms with Crippen LogP contribution in [0.1, 0.15) is 6.42 Å². The number of benzene rings is 2. The highest BCUT2D eigenvalue weighted by atomic mass is 32.2. The fourth-order valence-electron chi connectivity index (χ4n) is 2.20. The summed E-state index contributed by atoms with van der Waals surface area (Å²) in [5.41, 5.74) is 0. The number of hydrogen-bond donors (Lipinski definition) is 3. The van der Waals surface area contributed by atoms with Crippen LogP contribution < -0.4 is 14.8 Å². The molecular weight excluding hydrogens is 386 g/mol. The van der Waals surface area contributed by atoms with Gasteiger partial charge >= 0.3 is 0 Å². The van der Waals surface area contributed by atoms with Crippen LogP contribution in [0, 0.1) is 0 Å². The Kier molecular flexibility index (Phi) is 8.47. The molecule has 3 N–H and O–H groups in total. The lowest BCUT2D eigenvalue weighted by Crippen LogP contribution is -2.25. The SMILES string of the molecule is COc1cc(SCCNC(=O)CCSc2ccc(O)c(OC)c2)ccc1O. The normalized spacial score (nSPS) is 10.4. The van der Waals surface area contributed by atoms with Gasteiger partial charge in [0.05, 0.1) is 14.2 Å². The molecule has 0 radical (unpaired) electrons. The molecule has 6 nitrogen and oxygen atoms in total. The molecule has 0 unspecified atom stereocenters. The number of methoxy groups -OCH3 is 2. The number of ether oxygens (including phenoxy) is 2. The van der Waals surface area contributed by atoms with Crippen LogP contribution in [-0.4, -0.2) is 48.4 Å². The average molecular weight is 410 g/mol. The summed E-state index contributed by atoms with van der Waals surface area (Å²) in [4.78, 5) is 13.8. The number of rotatable bonds is 10. The van der Waals surface area contributed by atoms with Crippen molar-refractivity contribution in [2.24, 2.45) is 0 Å². The van der Waals surface area contributed by atoms with Crippen molar-refractivity contribution in [3.05, 3.63) is 36.4 Å². The first-order valence-electron chi connectivity index (χ1n) is 8.29. The third kappa shape index (κ3) is 6.80. The Morgan fingerprint density at radius 2 is 1.44 bits per heavy atom. The number of nitrogens with one attached hydrogen (secondary N) is 1. The van der Waals surface area contributed by atoms with Crippen LogP contribution in [0.25, 0.3) is 0 Å². The molecule has 0 saturated carbocycles. The molecule has 0 spiro atoms. The van der Waals surface area contributed by atoms with E-state index >= 15 is 0 Å². The van der Waals surface area contributed by atoms with Crippen LogP contribution in [-0.2, 0) is 4.79 Å². The zero-order valence-electron chi connectivity index (χ0n) is 15.2. The minimum absolute atomic E-state index is 0.00266. The summed E-state index contributed by atoms with van der Waals surface area (Å²) >= 11 is 3.11. The van der Waals surface area contributed by atoms with E-state index in [2.05, 4.69) is 5.32 Å². The Balaban J connectivity index is 1.65. The van der Waals surface area contributed by atoms with Crippen molar-refractivity contribution < 1.29 is 24.5 Å². The zero-order chi connectivity index (χ0) is 19.6. The summed E-state index contributed by atoms with van der Waals surface area (Å²) in [6, 6.07) is 10.3. The highest BCUT2D eigenvalue weighted by Gasteiger charge is 2.06. The van der Waals surface area contributed by atoms with Crippen LogP contribution in [0.2, 0.25) is 0 Å². The highest BCUT2D eigenvalue weighted by Crippen LogP contribution is 2.32. The van der Waals surface area contributed by atoms with Crippen LogP contribution in [0.5, 0.6) is 23.0 Å². The second-order valence-corrected chi connectivity index (χ2v) is 7.80. The first-order valence-corrected chi connectivity index (χ1v) is 10.3. The Bertz CT molecular complexity index is 770. The van der Waals surface area contributed by atoms with Gasteiger partial charge in [0.2, 0.25) is 5.91 Å². The molecule has 0 aliphatic carbocycles. The van der Waals surface area contributed by atoms with Gasteiger partial charge in [0.1, 0.15) is 0 Å². The van der Waals surface area contributed by atoms with Crippen LogP contribution in [0.15, 0.2) is 46.2 Å². The molecule has 0 atom stereocenters. The summed E-state index contributed by atoms with van der Waals surface area (Å²) in [7, 11) is 3.01. The third-order valence-corrected chi connectivity index (χ3v) is 5.58. The van der Waals surface area contributed by atoms with Gasteiger partial charge in [0.15, 0.2) is 23.0 Å². The van der Waals surface area contributed by atoms with Gasteiger partial charge in [0.25, 0.3) is 0 Å². The summed E-state index contributed by atoms with van der Waals surface area (Å²) < 4.78 is 10.1. The average Bonchev–Trinajstić information content (AvgIpc) is 2.67. The first-order chi connectivity index (χ1) is 13.0. The molecule has 0 aromatic heterocycles. The van der Waals surface area contributed by atoms with Gasteiger partial charge in [-0.15, -0.1) is 23.5 Å². The molecule has 1 amide bonds. The van der Waals surface area contributed by atoms with Gasteiger partial charge in [-0.25, -0.2) is 0 Å². The number of carbonyl (C=O) groups is 1. The molecule has 0 fully saturated rings. The van der Waals surface area contributed by atoms with Crippen molar-refractivity contribution >= 4 is 29.4 Å². The number of phenolic OH excluding ortho intramolecular Hbond substituents is 2. The second kappa shape index (κ2) is 10.8. The van der Waals surface area contributed by atoms with Crippen molar-refractivity contribution in [3.63, 3.8) is 0 Å². The summed E-state index contributed by atoms with van der Waals surface area (Å²) in [5, 5.41) is 22.0. The molecule has 146 valence electrons. The minimum Gasteiger partial charge on any atom is -0.504 e. The van der Waals surface area contributed by atoms with Gasteiger partial charge < -0.3 is 25.0 Å². The van der Waals surface area contributed by atoms with Crippen molar-refractivity contribution in [2.75, 3.05) is 32.3 Å². The maximum atomic E-state index is 11.9. The van der Waals surface area contributed by atoms with E-state index in [1.807, 2.05) is 6.07 Å². The van der Waals surface area contributed by atoms with E-state index < -0.39 is 0 Å². The van der Waals surface area contributed by atoms with Crippen molar-refractivity contribution in [3.8, 4) is 23.0 Å². The molecule has 0 saturated heterocycles. The molecule has 0 aliphatic rings. The van der Waals surface area contributed by atoms with E-state index in [1.54, 1.807) is 42.1 Å². The number of aromatic hydroxyl groups is 2. The fourth-order valence-corrected chi connectivity index (χ4v) is 3.88. The number of carbonyl (C=O) groups excluding carboxylic acids is 1. The summed E-state index contributed by atoms with van der Waals surface area (Å²) in [6.07, 6.45) is 0.408. The molecule has 0 aliphatic heterocycles. The van der Waals surface area contributed by atoms with Crippen LogP contribution in [0.3, 0.4) is 0 Å². The number of amides is 1. The van der Waals surface area contributed by atoms with Crippen molar-refractivity contribution in [2.45, 2.75) is 16.2 Å². The maximum absolute atomic E-state index is 11.9. The van der Waals surface area contributed by atoms with Gasteiger partial charge in [-0.3, -0.25) is 4.79 Å². The van der Waals surface area contributed by atoms with Gasteiger partial charge in [-0.1, -0.05) is 0 Å². The monoisotopic (exact) mass is 409 g/mol. The lowest BCUT2D eigenvalue weighted by atomic mass is 10.3. The summed E-state index contributed by atoms with van der Waals surface area (Å²) in [5.74, 6) is 2.43. The zero-order valence-corrected chi connectivity index (χ0v) is 16.9. The van der Waals surface area contributed by atoms with Gasteiger partial charge in [0, 0.05) is 34.3 Å². The third-order valence-electron chi connectivity index (χ3n) is 3.59. The van der Waals surface area contributed by atoms with E-state index in [0.717, 1.165) is 15.5 Å². The minimum atomic E-state index is -0.00266. The lowest BCUT2D eigenvalue weighted by Gasteiger charge is -2.08. The van der Waals surface area contributed by atoms with E-state index in [4.69, 9.17) is 9.47 Å². The Morgan fingerprint density at radius 3 is 1.96 bits per heavy atom. The number of thioether (sulfide) groups is 2. The molecule has 0 bridgehead atoms. The number of phenols is 2. The quantitative estimate of drug-likeness (QED) is 0.409. The smallest absolute Gasteiger partial charge is 0.220 e. The van der Waals surface area contributed by atoms with E-state index in [9.17, 15) is 15.0 Å². The maximum Gasteiger partial charge on any atom is 0.220 e. The molecule has 2 rings (SSSR count). The van der Waals surface area contributed by atoms with E-state index in [0.29, 0.717) is 30.2 Å².